The Morgan fingerprint density at radius 2 is 1.15 bits per heavy atom. The molecule has 0 aliphatic carbocycles. The lowest BCUT2D eigenvalue weighted by molar-refractivity contribution is -0.527. The van der Waals surface area contributed by atoms with E-state index in [9.17, 15) is 0 Å². The summed E-state index contributed by atoms with van der Waals surface area (Å²) in [5.41, 5.74) is 0. The van der Waals surface area contributed by atoms with Gasteiger partial charge in [0.25, 0.3) is 0 Å². The van der Waals surface area contributed by atoms with Gasteiger partial charge >= 0.3 is 5.96 Å². The highest BCUT2D eigenvalue weighted by molar-refractivity contribution is 5.80. The first-order valence-electron chi connectivity index (χ1n) is 11.2. The molecule has 0 bridgehead atoms. The highest BCUT2D eigenvalue weighted by atomic mass is 15.4. The van der Waals surface area contributed by atoms with Gasteiger partial charge in [0.15, 0.2) is 5.96 Å². The Hall–Kier alpha value is -1.46. The van der Waals surface area contributed by atoms with Crippen LogP contribution >= 0.6 is 0 Å². The zero-order valence-corrected chi connectivity index (χ0v) is 19.5. The summed E-state index contributed by atoms with van der Waals surface area (Å²) in [4.78, 5) is 12.1. The topological polar surface area (TPSA) is 37.1 Å². The lowest BCUT2D eigenvalue weighted by Gasteiger charge is -2.32. The predicted octanol–water partition coefficient (Wildman–Crippen LogP) is 2.76. The van der Waals surface area contributed by atoms with Crippen LogP contribution in [0, 0.1) is 0 Å². The van der Waals surface area contributed by atoms with Gasteiger partial charge in [-0.15, -0.1) is 0 Å². The molecule has 0 spiro atoms. The van der Waals surface area contributed by atoms with Crippen molar-refractivity contribution in [3.8, 4) is 0 Å². The molecule has 0 fully saturated rings. The van der Waals surface area contributed by atoms with Crippen LogP contribution < -0.4 is 5.32 Å². The molecule has 0 aliphatic rings. The van der Waals surface area contributed by atoms with Crippen molar-refractivity contribution in [3.63, 3.8) is 0 Å². The molecule has 6 nitrogen and oxygen atoms in total. The van der Waals surface area contributed by atoms with Crippen LogP contribution in [0.2, 0.25) is 0 Å². The van der Waals surface area contributed by atoms with E-state index in [2.05, 4.69) is 80.0 Å². The second-order valence-corrected chi connectivity index (χ2v) is 6.47. The van der Waals surface area contributed by atoms with E-state index in [1.54, 1.807) is 0 Å². The number of guanidine groups is 2. The van der Waals surface area contributed by atoms with Crippen molar-refractivity contribution in [2.24, 2.45) is 4.99 Å². The Morgan fingerprint density at radius 3 is 1.52 bits per heavy atom. The summed E-state index contributed by atoms with van der Waals surface area (Å²) >= 11 is 0. The van der Waals surface area contributed by atoms with E-state index in [0.717, 1.165) is 77.8 Å². The Labute approximate surface area is 169 Å². The minimum absolute atomic E-state index is 0.860. The van der Waals surface area contributed by atoms with Crippen LogP contribution in [-0.4, -0.2) is 96.6 Å². The minimum Gasteiger partial charge on any atom is -0.343 e. The molecule has 0 saturated carbocycles. The van der Waals surface area contributed by atoms with Crippen molar-refractivity contribution in [3.05, 3.63) is 0 Å². The Morgan fingerprint density at radius 1 is 0.704 bits per heavy atom. The molecule has 160 valence electrons. The molecule has 27 heavy (non-hydrogen) atoms. The van der Waals surface area contributed by atoms with Crippen LogP contribution in [0.1, 0.15) is 61.8 Å². The molecule has 6 heteroatoms. The summed E-state index contributed by atoms with van der Waals surface area (Å²) in [5.74, 6) is 2.42. The lowest BCUT2D eigenvalue weighted by atomic mass is 10.4. The summed E-state index contributed by atoms with van der Waals surface area (Å²) in [6.07, 6.45) is 1.04. The molecule has 0 unspecified atom stereocenters. The molecule has 0 heterocycles. The van der Waals surface area contributed by atoms with Gasteiger partial charge in [0.1, 0.15) is 0 Å². The standard InChI is InChI=1S/C21H46N6/c1-9-24(10-2)20(25(11-3)12-4)22-18-17-19-23-21(26(13-5)14-6)27(15-7)16-8/h9-19H2,1-8H3/p+1. The molecule has 0 aromatic carbocycles. The molecule has 0 atom stereocenters. The van der Waals surface area contributed by atoms with E-state index in [1.807, 2.05) is 0 Å². The van der Waals surface area contributed by atoms with Crippen molar-refractivity contribution >= 4 is 11.9 Å². The van der Waals surface area contributed by atoms with E-state index >= 15 is 0 Å². The average Bonchev–Trinajstić information content (AvgIpc) is 2.70. The normalized spacial score (nSPS) is 10.4. The van der Waals surface area contributed by atoms with Crippen LogP contribution in [0.15, 0.2) is 4.99 Å². The van der Waals surface area contributed by atoms with E-state index in [4.69, 9.17) is 4.99 Å². The SMILES string of the molecule is CCN(CC)C(=NCCCNC(N(CC)CC)=[N+](CC)CC)N(CC)CC. The third-order valence-corrected chi connectivity index (χ3v) is 5.09. The highest BCUT2D eigenvalue weighted by Crippen LogP contribution is 2.01. The first-order chi connectivity index (χ1) is 13.1. The summed E-state index contributed by atoms with van der Waals surface area (Å²) in [5, 5.41) is 3.68. The first kappa shape index (κ1) is 25.5. The summed E-state index contributed by atoms with van der Waals surface area (Å²) in [6.45, 7) is 27.7. The zero-order chi connectivity index (χ0) is 20.7. The molecule has 0 radical (unpaired) electrons. The van der Waals surface area contributed by atoms with Crippen molar-refractivity contribution in [2.75, 3.05) is 65.4 Å². The summed E-state index contributed by atoms with van der Waals surface area (Å²) in [6, 6.07) is 0. The Kier molecular flexibility index (Phi) is 14.7. The van der Waals surface area contributed by atoms with E-state index < -0.39 is 0 Å². The van der Waals surface area contributed by atoms with Gasteiger partial charge in [-0.3, -0.25) is 19.8 Å². The van der Waals surface area contributed by atoms with Crippen molar-refractivity contribution in [1.29, 1.82) is 0 Å². The Bertz CT molecular complexity index is 400. The number of aliphatic imine (C=N–C) groups is 1. The van der Waals surface area contributed by atoms with Gasteiger partial charge in [-0.1, -0.05) is 0 Å². The summed E-state index contributed by atoms with van der Waals surface area (Å²) < 4.78 is 2.41. The predicted molar refractivity (Wildman–Crippen MR) is 120 cm³/mol. The average molecular weight is 384 g/mol. The van der Waals surface area contributed by atoms with Crippen molar-refractivity contribution in [1.82, 2.24) is 20.0 Å². The summed E-state index contributed by atoms with van der Waals surface area (Å²) in [7, 11) is 0. The van der Waals surface area contributed by atoms with Crippen LogP contribution in [0.4, 0.5) is 0 Å². The van der Waals surface area contributed by atoms with Crippen molar-refractivity contribution in [2.45, 2.75) is 61.8 Å². The van der Waals surface area contributed by atoms with Gasteiger partial charge in [0.2, 0.25) is 0 Å². The quantitative estimate of drug-likeness (QED) is 0.243. The maximum absolute atomic E-state index is 4.97. The van der Waals surface area contributed by atoms with Crippen molar-refractivity contribution < 1.29 is 4.58 Å². The van der Waals surface area contributed by atoms with Gasteiger partial charge in [-0.25, -0.2) is 0 Å². The maximum Gasteiger partial charge on any atom is 0.348 e. The van der Waals surface area contributed by atoms with Crippen LogP contribution in [0.5, 0.6) is 0 Å². The van der Waals surface area contributed by atoms with Gasteiger partial charge in [-0.2, -0.15) is 0 Å². The van der Waals surface area contributed by atoms with E-state index in [-0.39, 0.29) is 0 Å². The minimum atomic E-state index is 0.860. The largest absolute Gasteiger partial charge is 0.348 e. The van der Waals surface area contributed by atoms with Gasteiger partial charge < -0.3 is 9.80 Å². The molecule has 0 aromatic rings. The number of nitrogens with zero attached hydrogens (tertiary/aromatic N) is 5. The van der Waals surface area contributed by atoms with E-state index in [1.165, 1.54) is 5.96 Å². The van der Waals surface area contributed by atoms with Gasteiger partial charge in [-0.05, 0) is 61.8 Å². The smallest absolute Gasteiger partial charge is 0.343 e. The zero-order valence-electron chi connectivity index (χ0n) is 19.5. The fourth-order valence-electron chi connectivity index (χ4n) is 3.34. The molecule has 0 aromatic heterocycles. The molecule has 1 N–H and O–H groups in total. The molecule has 0 rings (SSSR count). The third kappa shape index (κ3) is 8.39. The monoisotopic (exact) mass is 383 g/mol. The first-order valence-corrected chi connectivity index (χ1v) is 11.2. The highest BCUT2D eigenvalue weighted by Gasteiger charge is 2.18. The lowest BCUT2D eigenvalue weighted by Crippen LogP contribution is -2.48. The fourth-order valence-corrected chi connectivity index (χ4v) is 3.34. The third-order valence-electron chi connectivity index (χ3n) is 5.09. The number of nitrogens with one attached hydrogen (secondary N) is 1. The molecular formula is C21H47N6+. The van der Waals surface area contributed by atoms with E-state index in [0.29, 0.717) is 0 Å². The van der Waals surface area contributed by atoms with Crippen LogP contribution in [-0.2, 0) is 0 Å². The van der Waals surface area contributed by atoms with Crippen LogP contribution in [0.25, 0.3) is 0 Å². The molecule has 0 saturated heterocycles. The molecule has 0 amide bonds. The van der Waals surface area contributed by atoms with Gasteiger partial charge in [0, 0.05) is 32.7 Å². The fraction of sp³-hybridized carbons (Fsp3) is 0.905. The van der Waals surface area contributed by atoms with Gasteiger partial charge in [0.05, 0.1) is 32.7 Å². The molecular weight excluding hydrogens is 336 g/mol. The number of rotatable bonds is 12. The van der Waals surface area contributed by atoms with Crippen LogP contribution in [0.3, 0.4) is 0 Å². The number of hydrogen-bond acceptors (Lipinski definition) is 1. The molecule has 0 aliphatic heterocycles. The Balaban J connectivity index is 4.98. The number of hydrogen-bond donors (Lipinski definition) is 1. The second-order valence-electron chi connectivity index (χ2n) is 6.47. The second kappa shape index (κ2) is 15.6. The maximum atomic E-state index is 4.97.